The van der Waals surface area contributed by atoms with Gasteiger partial charge in [0, 0.05) is 30.7 Å². The monoisotopic (exact) mass is 369 g/mol. The van der Waals surface area contributed by atoms with Gasteiger partial charge in [-0.05, 0) is 19.1 Å². The van der Waals surface area contributed by atoms with E-state index in [9.17, 15) is 0 Å². The summed E-state index contributed by atoms with van der Waals surface area (Å²) < 4.78 is 7.72. The molecule has 4 aromatic rings. The van der Waals surface area contributed by atoms with E-state index < -0.39 is 0 Å². The maximum absolute atomic E-state index is 6.26. The summed E-state index contributed by atoms with van der Waals surface area (Å²) in [6.45, 7) is 2.79. The van der Waals surface area contributed by atoms with Gasteiger partial charge in [0.25, 0.3) is 0 Å². The number of nitrogens with zero attached hydrogens (tertiary/aromatic N) is 4. The van der Waals surface area contributed by atoms with Crippen LogP contribution in [0.5, 0.6) is 11.6 Å². The van der Waals surface area contributed by atoms with E-state index in [1.807, 2.05) is 13.1 Å². The maximum atomic E-state index is 6.26. The molecule has 3 aromatic heterocycles. The maximum Gasteiger partial charge on any atom is 0.235 e. The molecule has 9 heteroatoms. The van der Waals surface area contributed by atoms with Crippen molar-refractivity contribution in [3.63, 3.8) is 0 Å². The summed E-state index contributed by atoms with van der Waals surface area (Å²) in [5.74, 6) is 1.26. The molecule has 0 aliphatic carbocycles. The highest BCUT2D eigenvalue weighted by molar-refractivity contribution is 6.35. The third-order valence-corrected chi connectivity index (χ3v) is 4.03. The molecule has 0 saturated carbocycles. The van der Waals surface area contributed by atoms with Gasteiger partial charge in [0.05, 0.1) is 16.9 Å². The smallest absolute Gasteiger partial charge is 0.235 e. The number of aromatic nitrogens is 5. The van der Waals surface area contributed by atoms with Crippen LogP contribution in [0.4, 0.5) is 17.3 Å². The van der Waals surface area contributed by atoms with Gasteiger partial charge >= 0.3 is 0 Å². The van der Waals surface area contributed by atoms with Crippen molar-refractivity contribution in [1.82, 2.24) is 24.7 Å². The fraction of sp³-hybridized carbons (Fsp3) is 0.118. The first-order chi connectivity index (χ1) is 12.6. The zero-order chi connectivity index (χ0) is 18.1. The van der Waals surface area contributed by atoms with Crippen molar-refractivity contribution in [1.29, 1.82) is 0 Å². The van der Waals surface area contributed by atoms with Crippen LogP contribution in [-0.4, -0.2) is 24.7 Å². The number of hydrogen-bond donors (Lipinski definition) is 3. The van der Waals surface area contributed by atoms with Crippen LogP contribution in [0.15, 0.2) is 42.9 Å². The van der Waals surface area contributed by atoms with E-state index >= 15 is 0 Å². The fourth-order valence-electron chi connectivity index (χ4n) is 2.51. The SMILES string of the molecule is CCn1cc(Nc2nc(Oc3cccc(N)c3)c3c(Cl)c[nH]c3n2)cn1. The lowest BCUT2D eigenvalue weighted by Gasteiger charge is -2.09. The Morgan fingerprint density at radius 2 is 2.23 bits per heavy atom. The van der Waals surface area contributed by atoms with Gasteiger partial charge in [-0.2, -0.15) is 15.1 Å². The molecule has 26 heavy (non-hydrogen) atoms. The molecule has 0 atom stereocenters. The lowest BCUT2D eigenvalue weighted by Crippen LogP contribution is -2.00. The number of hydrogen-bond acceptors (Lipinski definition) is 6. The van der Waals surface area contributed by atoms with Crippen molar-refractivity contribution < 1.29 is 4.74 Å². The van der Waals surface area contributed by atoms with Gasteiger partial charge in [-0.1, -0.05) is 17.7 Å². The second kappa shape index (κ2) is 6.57. The predicted molar refractivity (Wildman–Crippen MR) is 101 cm³/mol. The van der Waals surface area contributed by atoms with E-state index in [-0.39, 0.29) is 0 Å². The summed E-state index contributed by atoms with van der Waals surface area (Å²) in [7, 11) is 0. The van der Waals surface area contributed by atoms with Crippen molar-refractivity contribution in [2.24, 2.45) is 0 Å². The number of rotatable bonds is 5. The average Bonchev–Trinajstić information content (AvgIpc) is 3.22. The second-order valence-corrected chi connectivity index (χ2v) is 6.00. The minimum atomic E-state index is 0.331. The van der Waals surface area contributed by atoms with Crippen molar-refractivity contribution in [3.05, 3.63) is 47.9 Å². The number of benzene rings is 1. The molecular formula is C17H16ClN7O. The Kier molecular flexibility index (Phi) is 4.10. The quantitative estimate of drug-likeness (QED) is 0.460. The fourth-order valence-corrected chi connectivity index (χ4v) is 2.74. The number of aryl methyl sites for hydroxylation is 1. The van der Waals surface area contributed by atoms with E-state index in [0.29, 0.717) is 39.3 Å². The Morgan fingerprint density at radius 1 is 1.35 bits per heavy atom. The van der Waals surface area contributed by atoms with E-state index in [1.165, 1.54) is 0 Å². The Hall–Kier alpha value is -3.26. The van der Waals surface area contributed by atoms with Gasteiger partial charge in [0.15, 0.2) is 0 Å². The van der Waals surface area contributed by atoms with Gasteiger partial charge < -0.3 is 20.8 Å². The normalized spacial score (nSPS) is 11.0. The molecule has 0 saturated heterocycles. The average molecular weight is 370 g/mol. The molecule has 4 N–H and O–H groups in total. The largest absolute Gasteiger partial charge is 0.438 e. The van der Waals surface area contributed by atoms with Crippen LogP contribution in [0.3, 0.4) is 0 Å². The summed E-state index contributed by atoms with van der Waals surface area (Å²) in [4.78, 5) is 11.9. The van der Waals surface area contributed by atoms with E-state index in [2.05, 4.69) is 25.4 Å². The van der Waals surface area contributed by atoms with Gasteiger partial charge in [-0.25, -0.2) is 0 Å². The van der Waals surface area contributed by atoms with Crippen LogP contribution in [0.2, 0.25) is 5.02 Å². The number of aromatic amines is 1. The topological polar surface area (TPSA) is 107 Å². The number of fused-ring (bicyclic) bond motifs is 1. The molecule has 3 heterocycles. The highest BCUT2D eigenvalue weighted by Crippen LogP contribution is 2.34. The molecule has 0 spiro atoms. The number of nitrogens with two attached hydrogens (primary N) is 1. The zero-order valence-electron chi connectivity index (χ0n) is 13.9. The van der Waals surface area contributed by atoms with E-state index in [1.54, 1.807) is 41.3 Å². The van der Waals surface area contributed by atoms with Crippen LogP contribution in [0.25, 0.3) is 11.0 Å². The lowest BCUT2D eigenvalue weighted by atomic mass is 10.3. The van der Waals surface area contributed by atoms with Crippen LogP contribution >= 0.6 is 11.6 Å². The standard InChI is InChI=1S/C17H16ClN7O/c1-2-25-9-11(7-21-25)22-17-23-15-14(13(18)8-20-15)16(24-17)26-12-5-3-4-10(19)6-12/h3-9H,2,19H2,1H3,(H2,20,22,23,24). The molecule has 0 fully saturated rings. The molecule has 0 unspecified atom stereocenters. The molecule has 0 aliphatic heterocycles. The Bertz CT molecular complexity index is 1070. The highest BCUT2D eigenvalue weighted by Gasteiger charge is 2.15. The van der Waals surface area contributed by atoms with Crippen molar-refractivity contribution in [3.8, 4) is 11.6 Å². The summed E-state index contributed by atoms with van der Waals surface area (Å²) in [5, 5.41) is 8.42. The van der Waals surface area contributed by atoms with Crippen LogP contribution in [0.1, 0.15) is 6.92 Å². The van der Waals surface area contributed by atoms with Crippen LogP contribution < -0.4 is 15.8 Å². The summed E-state index contributed by atoms with van der Waals surface area (Å²) >= 11 is 6.26. The molecule has 0 radical (unpaired) electrons. The van der Waals surface area contributed by atoms with E-state index in [4.69, 9.17) is 22.1 Å². The van der Waals surface area contributed by atoms with Gasteiger partial charge in [0.1, 0.15) is 16.8 Å². The molecule has 132 valence electrons. The summed E-state index contributed by atoms with van der Waals surface area (Å²) in [6, 6.07) is 7.10. The molecule has 1 aromatic carbocycles. The number of nitrogens with one attached hydrogen (secondary N) is 2. The Morgan fingerprint density at radius 3 is 3.00 bits per heavy atom. The number of ether oxygens (including phenoxy) is 1. The molecular weight excluding hydrogens is 354 g/mol. The minimum absolute atomic E-state index is 0.331. The number of halogens is 1. The molecule has 0 amide bonds. The van der Waals surface area contributed by atoms with Crippen LogP contribution in [0, 0.1) is 0 Å². The first-order valence-electron chi connectivity index (χ1n) is 8.00. The number of nitrogen functional groups attached to an aromatic ring is 1. The van der Waals surface area contributed by atoms with E-state index in [0.717, 1.165) is 12.2 Å². The third-order valence-electron chi connectivity index (χ3n) is 3.74. The first-order valence-corrected chi connectivity index (χ1v) is 8.37. The number of anilines is 3. The lowest BCUT2D eigenvalue weighted by molar-refractivity contribution is 0.469. The Labute approximate surface area is 154 Å². The molecule has 0 bridgehead atoms. The third kappa shape index (κ3) is 3.14. The molecule has 4 rings (SSSR count). The number of H-pyrrole nitrogens is 1. The molecule has 8 nitrogen and oxygen atoms in total. The van der Waals surface area contributed by atoms with Gasteiger partial charge in [0.2, 0.25) is 11.8 Å². The zero-order valence-corrected chi connectivity index (χ0v) is 14.7. The first kappa shape index (κ1) is 16.2. The van der Waals surface area contributed by atoms with Crippen LogP contribution in [-0.2, 0) is 6.54 Å². The van der Waals surface area contributed by atoms with Crippen molar-refractivity contribution >= 4 is 40.0 Å². The summed E-state index contributed by atoms with van der Waals surface area (Å²) in [5.41, 5.74) is 7.75. The summed E-state index contributed by atoms with van der Waals surface area (Å²) in [6.07, 6.45) is 5.22. The predicted octanol–water partition coefficient (Wildman–Crippen LogP) is 3.95. The van der Waals surface area contributed by atoms with Gasteiger partial charge in [-0.15, -0.1) is 0 Å². The molecule has 0 aliphatic rings. The van der Waals surface area contributed by atoms with Crippen molar-refractivity contribution in [2.75, 3.05) is 11.1 Å². The van der Waals surface area contributed by atoms with Gasteiger partial charge in [-0.3, -0.25) is 4.68 Å². The highest BCUT2D eigenvalue weighted by atomic mass is 35.5. The second-order valence-electron chi connectivity index (χ2n) is 5.60. The Balaban J connectivity index is 1.73. The minimum Gasteiger partial charge on any atom is -0.438 e. The van der Waals surface area contributed by atoms with Crippen molar-refractivity contribution in [2.45, 2.75) is 13.5 Å².